The first-order chi connectivity index (χ1) is 12.3. The van der Waals surface area contributed by atoms with E-state index in [0.29, 0.717) is 11.3 Å². The lowest BCUT2D eigenvalue weighted by Crippen LogP contribution is -2.31. The molecule has 0 unspecified atom stereocenters. The van der Waals surface area contributed by atoms with Gasteiger partial charge in [0, 0.05) is 0 Å². The Labute approximate surface area is 147 Å². The van der Waals surface area contributed by atoms with Gasteiger partial charge in [-0.15, -0.1) is 0 Å². The Hall–Kier alpha value is -2.81. The Morgan fingerprint density at radius 2 is 1.76 bits per heavy atom. The second-order valence-electron chi connectivity index (χ2n) is 6.52. The third-order valence-electron chi connectivity index (χ3n) is 4.99. The lowest BCUT2D eigenvalue weighted by atomic mass is 9.87. The Kier molecular flexibility index (Phi) is 4.14. The molecule has 0 heterocycles. The van der Waals surface area contributed by atoms with Crippen LogP contribution in [0, 0.1) is 0 Å². The third kappa shape index (κ3) is 2.98. The fourth-order valence-corrected chi connectivity index (χ4v) is 3.71. The van der Waals surface area contributed by atoms with Crippen molar-refractivity contribution >= 4 is 16.7 Å². The van der Waals surface area contributed by atoms with Gasteiger partial charge in [-0.2, -0.15) is 0 Å². The van der Waals surface area contributed by atoms with Gasteiger partial charge in [-0.1, -0.05) is 48.5 Å². The van der Waals surface area contributed by atoms with Gasteiger partial charge in [0.05, 0.1) is 18.7 Å². The van der Waals surface area contributed by atoms with Gasteiger partial charge in [0.15, 0.2) is 0 Å². The number of hydrogen-bond acceptors (Lipinski definition) is 2. The van der Waals surface area contributed by atoms with Crippen molar-refractivity contribution < 1.29 is 9.53 Å². The number of amides is 1. The van der Waals surface area contributed by atoms with Gasteiger partial charge in [0.1, 0.15) is 5.75 Å². The van der Waals surface area contributed by atoms with Crippen LogP contribution in [0.15, 0.2) is 60.7 Å². The molecule has 0 bridgehead atoms. The van der Waals surface area contributed by atoms with E-state index >= 15 is 0 Å². The van der Waals surface area contributed by atoms with Crippen LogP contribution in [0.1, 0.15) is 40.4 Å². The lowest BCUT2D eigenvalue weighted by Gasteiger charge is -2.26. The average Bonchev–Trinajstić information content (AvgIpc) is 2.67. The number of benzene rings is 3. The van der Waals surface area contributed by atoms with Crippen molar-refractivity contribution in [2.75, 3.05) is 7.11 Å². The van der Waals surface area contributed by atoms with E-state index in [1.165, 1.54) is 11.1 Å². The minimum atomic E-state index is -0.0793. The molecule has 0 saturated heterocycles. The van der Waals surface area contributed by atoms with E-state index in [1.54, 1.807) is 7.11 Å². The van der Waals surface area contributed by atoms with Crippen LogP contribution in [0.25, 0.3) is 10.8 Å². The van der Waals surface area contributed by atoms with Crippen molar-refractivity contribution in [1.82, 2.24) is 5.32 Å². The van der Waals surface area contributed by atoms with Crippen LogP contribution in [0.4, 0.5) is 0 Å². The molecule has 3 aromatic rings. The van der Waals surface area contributed by atoms with Crippen molar-refractivity contribution in [3.05, 3.63) is 77.4 Å². The average molecular weight is 331 g/mol. The maximum atomic E-state index is 13.0. The van der Waals surface area contributed by atoms with Crippen LogP contribution in [-0.4, -0.2) is 13.0 Å². The summed E-state index contributed by atoms with van der Waals surface area (Å²) in [6, 6.07) is 20.3. The Balaban J connectivity index is 1.67. The molecule has 3 aromatic carbocycles. The number of nitrogens with one attached hydrogen (secondary N) is 1. The second-order valence-corrected chi connectivity index (χ2v) is 6.52. The standard InChI is InChI=1S/C22H21NO2/c1-25-21-14-17-9-3-2-8-16(17)13-19(21)22(24)23-20-12-6-10-15-7-4-5-11-18(15)20/h2-5,7-9,11,13-14,20H,6,10,12H2,1H3,(H,23,24)/t20-/m1/s1. The van der Waals surface area contributed by atoms with E-state index in [0.717, 1.165) is 30.0 Å². The highest BCUT2D eigenvalue weighted by Gasteiger charge is 2.23. The minimum absolute atomic E-state index is 0.0635. The molecule has 0 radical (unpaired) electrons. The first-order valence-corrected chi connectivity index (χ1v) is 8.72. The predicted molar refractivity (Wildman–Crippen MR) is 100 cm³/mol. The van der Waals surface area contributed by atoms with Crippen LogP contribution < -0.4 is 10.1 Å². The summed E-state index contributed by atoms with van der Waals surface area (Å²) in [6.45, 7) is 0. The molecule has 1 amide bonds. The fourth-order valence-electron chi connectivity index (χ4n) is 3.71. The van der Waals surface area contributed by atoms with E-state index in [2.05, 4.69) is 23.5 Å². The van der Waals surface area contributed by atoms with Gasteiger partial charge in [-0.25, -0.2) is 0 Å². The molecule has 0 aromatic heterocycles. The van der Waals surface area contributed by atoms with Crippen molar-refractivity contribution in [2.24, 2.45) is 0 Å². The van der Waals surface area contributed by atoms with Gasteiger partial charge >= 0.3 is 0 Å². The molecular weight excluding hydrogens is 310 g/mol. The summed E-state index contributed by atoms with van der Waals surface area (Å²) < 4.78 is 5.47. The molecule has 1 atom stereocenters. The predicted octanol–water partition coefficient (Wildman–Crippen LogP) is 4.66. The smallest absolute Gasteiger partial charge is 0.255 e. The van der Waals surface area contributed by atoms with Crippen LogP contribution in [-0.2, 0) is 6.42 Å². The highest BCUT2D eigenvalue weighted by molar-refractivity contribution is 6.01. The quantitative estimate of drug-likeness (QED) is 0.758. The topological polar surface area (TPSA) is 38.3 Å². The molecule has 126 valence electrons. The minimum Gasteiger partial charge on any atom is -0.496 e. The van der Waals surface area contributed by atoms with Gasteiger partial charge in [-0.3, -0.25) is 4.79 Å². The molecule has 25 heavy (non-hydrogen) atoms. The van der Waals surface area contributed by atoms with Gasteiger partial charge < -0.3 is 10.1 Å². The first kappa shape index (κ1) is 15.7. The zero-order valence-corrected chi connectivity index (χ0v) is 14.3. The highest BCUT2D eigenvalue weighted by atomic mass is 16.5. The molecule has 0 aliphatic heterocycles. The van der Waals surface area contributed by atoms with Gasteiger partial charge in [-0.05, 0) is 53.3 Å². The summed E-state index contributed by atoms with van der Waals surface area (Å²) in [5.74, 6) is 0.532. The zero-order chi connectivity index (χ0) is 17.2. The number of methoxy groups -OCH3 is 1. The van der Waals surface area contributed by atoms with E-state index in [4.69, 9.17) is 4.74 Å². The fraction of sp³-hybridized carbons (Fsp3) is 0.227. The van der Waals surface area contributed by atoms with Crippen LogP contribution >= 0.6 is 0 Å². The number of fused-ring (bicyclic) bond motifs is 2. The molecular formula is C22H21NO2. The molecule has 1 aliphatic carbocycles. The van der Waals surface area contributed by atoms with Crippen LogP contribution in [0.5, 0.6) is 5.75 Å². The Morgan fingerprint density at radius 1 is 1.04 bits per heavy atom. The maximum Gasteiger partial charge on any atom is 0.255 e. The second kappa shape index (κ2) is 6.60. The number of rotatable bonds is 3. The lowest BCUT2D eigenvalue weighted by molar-refractivity contribution is 0.0930. The van der Waals surface area contributed by atoms with Crippen molar-refractivity contribution in [2.45, 2.75) is 25.3 Å². The number of ether oxygens (including phenoxy) is 1. The highest BCUT2D eigenvalue weighted by Crippen LogP contribution is 2.31. The molecule has 0 saturated carbocycles. The van der Waals surface area contributed by atoms with Crippen molar-refractivity contribution in [3.63, 3.8) is 0 Å². The van der Waals surface area contributed by atoms with Gasteiger partial charge in [0.2, 0.25) is 0 Å². The summed E-state index contributed by atoms with van der Waals surface area (Å²) in [7, 11) is 1.61. The number of aryl methyl sites for hydroxylation is 1. The van der Waals surface area contributed by atoms with E-state index < -0.39 is 0 Å². The van der Waals surface area contributed by atoms with Crippen LogP contribution in [0.2, 0.25) is 0 Å². The molecule has 4 rings (SSSR count). The Morgan fingerprint density at radius 3 is 2.56 bits per heavy atom. The van der Waals surface area contributed by atoms with Crippen molar-refractivity contribution in [3.8, 4) is 5.75 Å². The van der Waals surface area contributed by atoms with Gasteiger partial charge in [0.25, 0.3) is 5.91 Å². The van der Waals surface area contributed by atoms with Crippen LogP contribution in [0.3, 0.4) is 0 Å². The molecule has 1 aliphatic rings. The first-order valence-electron chi connectivity index (χ1n) is 8.72. The maximum absolute atomic E-state index is 13.0. The van der Waals surface area contributed by atoms with E-state index in [-0.39, 0.29) is 11.9 Å². The molecule has 3 heteroatoms. The molecule has 1 N–H and O–H groups in total. The summed E-state index contributed by atoms with van der Waals surface area (Å²) in [6.07, 6.45) is 3.15. The zero-order valence-electron chi connectivity index (χ0n) is 14.3. The summed E-state index contributed by atoms with van der Waals surface area (Å²) in [4.78, 5) is 13.0. The Bertz CT molecular complexity index is 932. The number of carbonyl (C=O) groups is 1. The molecule has 0 spiro atoms. The normalized spacial score (nSPS) is 16.3. The van der Waals surface area contributed by atoms with Crippen molar-refractivity contribution in [1.29, 1.82) is 0 Å². The molecule has 0 fully saturated rings. The SMILES string of the molecule is COc1cc2ccccc2cc1C(=O)N[C@@H]1CCCc2ccccc21. The summed E-state index contributed by atoms with van der Waals surface area (Å²) in [5, 5.41) is 5.32. The monoisotopic (exact) mass is 331 g/mol. The number of carbonyl (C=O) groups excluding carboxylic acids is 1. The third-order valence-corrected chi connectivity index (χ3v) is 4.99. The molecule has 3 nitrogen and oxygen atoms in total. The largest absolute Gasteiger partial charge is 0.496 e. The summed E-state index contributed by atoms with van der Waals surface area (Å²) >= 11 is 0. The van der Waals surface area contributed by atoms with E-state index in [9.17, 15) is 4.79 Å². The number of hydrogen-bond donors (Lipinski definition) is 1. The summed E-state index contributed by atoms with van der Waals surface area (Å²) in [5.41, 5.74) is 3.16. The van der Waals surface area contributed by atoms with E-state index in [1.807, 2.05) is 42.5 Å².